The number of aliphatic hydroxyl groups excluding tert-OH is 1. The van der Waals surface area contributed by atoms with Gasteiger partial charge in [0.2, 0.25) is 6.23 Å². The van der Waals surface area contributed by atoms with Gasteiger partial charge in [-0.3, -0.25) is 4.57 Å². The number of hydrogen-bond donors (Lipinski definition) is 2. The summed E-state index contributed by atoms with van der Waals surface area (Å²) in [7, 11) is 0. The molecule has 2 rings (SSSR count). The van der Waals surface area contributed by atoms with Crippen LogP contribution in [0, 0.1) is 0 Å². The topological polar surface area (TPSA) is 90.4 Å². The van der Waals surface area contributed by atoms with Gasteiger partial charge in [0.05, 0.1) is 5.60 Å². The number of nitrogens with two attached hydrogens (primary N) is 1. The first-order valence-electron chi connectivity index (χ1n) is 5.80. The predicted molar refractivity (Wildman–Crippen MR) is 62.7 cm³/mol. The molecule has 1 aromatic heterocycles. The number of nitrogens with zero attached hydrogens (tertiary/aromatic N) is 2. The van der Waals surface area contributed by atoms with Gasteiger partial charge in [0.15, 0.2) is 6.10 Å². The van der Waals surface area contributed by atoms with Crippen molar-refractivity contribution in [2.45, 2.75) is 44.1 Å². The molecule has 2 heterocycles. The molecular weight excluding hydrogens is 260 g/mol. The van der Waals surface area contributed by atoms with Gasteiger partial charge in [0, 0.05) is 6.20 Å². The summed E-state index contributed by atoms with van der Waals surface area (Å²) in [5, 5.41) is 9.72. The summed E-state index contributed by atoms with van der Waals surface area (Å²) in [6.07, 6.45) is -2.64. The Bertz CT molecular complexity index is 548. The van der Waals surface area contributed by atoms with Gasteiger partial charge in [0.1, 0.15) is 5.82 Å². The predicted octanol–water partition coefficient (Wildman–Crippen LogP) is 0.519. The van der Waals surface area contributed by atoms with Crippen LogP contribution in [0.2, 0.25) is 0 Å². The van der Waals surface area contributed by atoms with E-state index in [9.17, 15) is 18.7 Å². The SMILES string of the molecule is CCC1(C)O[C@@H](n2ccc(N)nc2=O)C(F)(F)[C@@H]1O. The fourth-order valence-electron chi connectivity index (χ4n) is 2.06. The van der Waals surface area contributed by atoms with E-state index in [1.807, 2.05) is 0 Å². The van der Waals surface area contributed by atoms with Crippen LogP contribution in [0.1, 0.15) is 26.5 Å². The van der Waals surface area contributed by atoms with E-state index in [0.717, 1.165) is 6.20 Å². The molecule has 0 amide bonds. The second-order valence-electron chi connectivity index (χ2n) is 4.76. The minimum absolute atomic E-state index is 0.0682. The molecule has 1 aliphatic rings. The first-order valence-corrected chi connectivity index (χ1v) is 5.80. The van der Waals surface area contributed by atoms with Gasteiger partial charge in [-0.1, -0.05) is 6.92 Å². The van der Waals surface area contributed by atoms with Crippen molar-refractivity contribution in [2.24, 2.45) is 0 Å². The van der Waals surface area contributed by atoms with E-state index in [1.165, 1.54) is 13.0 Å². The van der Waals surface area contributed by atoms with Crippen LogP contribution in [-0.2, 0) is 4.74 Å². The maximum absolute atomic E-state index is 14.1. The van der Waals surface area contributed by atoms with Crippen molar-refractivity contribution in [1.82, 2.24) is 9.55 Å². The van der Waals surface area contributed by atoms with Crippen molar-refractivity contribution in [1.29, 1.82) is 0 Å². The number of alkyl halides is 2. The Hall–Kier alpha value is -1.54. The largest absolute Gasteiger partial charge is 0.384 e. The van der Waals surface area contributed by atoms with E-state index in [0.29, 0.717) is 4.57 Å². The third kappa shape index (κ3) is 2.00. The summed E-state index contributed by atoms with van der Waals surface area (Å²) in [5.41, 5.74) is 2.93. The molecule has 0 radical (unpaired) electrons. The molecule has 106 valence electrons. The molecule has 19 heavy (non-hydrogen) atoms. The molecule has 1 saturated heterocycles. The monoisotopic (exact) mass is 275 g/mol. The van der Waals surface area contributed by atoms with Crippen LogP contribution in [0.5, 0.6) is 0 Å². The van der Waals surface area contributed by atoms with E-state index in [-0.39, 0.29) is 12.2 Å². The standard InChI is InChI=1S/C11H15F2N3O3/c1-3-10(2)7(17)11(12,13)8(19-10)16-5-4-6(14)15-9(16)18/h4-5,7-8,17H,3H2,1-2H3,(H2,14,15,18)/t7-,8-,10?/m1/s1. The van der Waals surface area contributed by atoms with Gasteiger partial charge >= 0.3 is 11.6 Å². The Labute approximate surface area is 107 Å². The molecule has 0 aliphatic carbocycles. The van der Waals surface area contributed by atoms with E-state index in [1.54, 1.807) is 6.92 Å². The van der Waals surface area contributed by atoms with E-state index in [2.05, 4.69) is 4.98 Å². The average molecular weight is 275 g/mol. The second kappa shape index (κ2) is 4.24. The number of anilines is 1. The summed E-state index contributed by atoms with van der Waals surface area (Å²) >= 11 is 0. The quantitative estimate of drug-likeness (QED) is 0.821. The zero-order valence-corrected chi connectivity index (χ0v) is 10.5. The molecule has 1 fully saturated rings. The maximum atomic E-state index is 14.1. The number of nitrogen functional groups attached to an aromatic ring is 1. The normalized spacial score (nSPS) is 33.5. The van der Waals surface area contributed by atoms with Crippen LogP contribution in [0.3, 0.4) is 0 Å². The molecule has 3 N–H and O–H groups in total. The van der Waals surface area contributed by atoms with Gasteiger partial charge < -0.3 is 15.6 Å². The van der Waals surface area contributed by atoms with Crippen LogP contribution in [-0.4, -0.2) is 32.3 Å². The molecule has 3 atom stereocenters. The van der Waals surface area contributed by atoms with Crippen LogP contribution in [0.25, 0.3) is 0 Å². The number of ether oxygens (including phenoxy) is 1. The number of aliphatic hydroxyl groups is 1. The molecular formula is C11H15F2N3O3. The molecule has 6 nitrogen and oxygen atoms in total. The highest BCUT2D eigenvalue weighted by molar-refractivity contribution is 5.23. The highest BCUT2D eigenvalue weighted by atomic mass is 19.3. The van der Waals surface area contributed by atoms with Crippen molar-refractivity contribution in [3.63, 3.8) is 0 Å². The zero-order chi connectivity index (χ0) is 14.4. The molecule has 0 aromatic carbocycles. The molecule has 1 aromatic rings. The summed E-state index contributed by atoms with van der Waals surface area (Å²) in [4.78, 5) is 15.0. The fraction of sp³-hybridized carbons (Fsp3) is 0.636. The lowest BCUT2D eigenvalue weighted by Crippen LogP contribution is -2.44. The minimum Gasteiger partial charge on any atom is -0.384 e. The van der Waals surface area contributed by atoms with Gasteiger partial charge in [0.25, 0.3) is 0 Å². The van der Waals surface area contributed by atoms with E-state index >= 15 is 0 Å². The molecule has 0 spiro atoms. The van der Waals surface area contributed by atoms with E-state index in [4.69, 9.17) is 10.5 Å². The Morgan fingerprint density at radius 2 is 2.26 bits per heavy atom. The summed E-state index contributed by atoms with van der Waals surface area (Å²) in [5.74, 6) is -3.66. The summed E-state index contributed by atoms with van der Waals surface area (Å²) in [6, 6.07) is 1.22. The van der Waals surface area contributed by atoms with Crippen LogP contribution >= 0.6 is 0 Å². The fourth-order valence-corrected chi connectivity index (χ4v) is 2.06. The highest BCUT2D eigenvalue weighted by Gasteiger charge is 2.64. The number of hydrogen-bond acceptors (Lipinski definition) is 5. The average Bonchev–Trinajstić information content (AvgIpc) is 2.51. The zero-order valence-electron chi connectivity index (χ0n) is 10.5. The van der Waals surface area contributed by atoms with Crippen LogP contribution in [0.4, 0.5) is 14.6 Å². The number of aromatic nitrogens is 2. The Morgan fingerprint density at radius 3 is 2.74 bits per heavy atom. The highest BCUT2D eigenvalue weighted by Crippen LogP contribution is 2.48. The lowest BCUT2D eigenvalue weighted by atomic mass is 9.94. The molecule has 1 unspecified atom stereocenters. The van der Waals surface area contributed by atoms with Crippen molar-refractivity contribution < 1.29 is 18.6 Å². The van der Waals surface area contributed by atoms with Gasteiger partial charge in [-0.05, 0) is 19.4 Å². The van der Waals surface area contributed by atoms with Crippen molar-refractivity contribution in [3.8, 4) is 0 Å². The second-order valence-corrected chi connectivity index (χ2v) is 4.76. The first kappa shape index (κ1) is 13.9. The van der Waals surface area contributed by atoms with E-state index < -0.39 is 29.5 Å². The third-order valence-electron chi connectivity index (χ3n) is 3.46. The Morgan fingerprint density at radius 1 is 1.63 bits per heavy atom. The summed E-state index contributed by atoms with van der Waals surface area (Å²) < 4.78 is 34.0. The molecule has 8 heteroatoms. The van der Waals surface area contributed by atoms with Crippen LogP contribution < -0.4 is 11.4 Å². The van der Waals surface area contributed by atoms with Crippen molar-refractivity contribution in [3.05, 3.63) is 22.7 Å². The minimum atomic E-state index is -3.59. The smallest absolute Gasteiger partial charge is 0.351 e. The van der Waals surface area contributed by atoms with Crippen LogP contribution in [0.15, 0.2) is 17.1 Å². The van der Waals surface area contributed by atoms with Crippen molar-refractivity contribution in [2.75, 3.05) is 5.73 Å². The van der Waals surface area contributed by atoms with Gasteiger partial charge in [-0.25, -0.2) is 4.79 Å². The molecule has 1 aliphatic heterocycles. The molecule has 0 saturated carbocycles. The maximum Gasteiger partial charge on any atom is 0.351 e. The lowest BCUT2D eigenvalue weighted by Gasteiger charge is -2.25. The first-order chi connectivity index (χ1) is 8.72. The van der Waals surface area contributed by atoms with Gasteiger partial charge in [-0.15, -0.1) is 0 Å². The Balaban J connectivity index is 2.48. The van der Waals surface area contributed by atoms with Crippen molar-refractivity contribution >= 4 is 5.82 Å². The third-order valence-corrected chi connectivity index (χ3v) is 3.46. The lowest BCUT2D eigenvalue weighted by molar-refractivity contribution is -0.142. The number of rotatable bonds is 2. The Kier molecular flexibility index (Phi) is 3.10. The molecule has 0 bridgehead atoms. The number of halogens is 2. The summed E-state index contributed by atoms with van der Waals surface area (Å²) in [6.45, 7) is 2.99. The van der Waals surface area contributed by atoms with Gasteiger partial charge in [-0.2, -0.15) is 13.8 Å².